The lowest BCUT2D eigenvalue weighted by atomic mass is 9.92. The lowest BCUT2D eigenvalue weighted by Gasteiger charge is -2.33. The monoisotopic (exact) mass is 330 g/mol. The van der Waals surface area contributed by atoms with Crippen LogP contribution in [0, 0.1) is 5.92 Å². The van der Waals surface area contributed by atoms with Gasteiger partial charge < -0.3 is 14.6 Å². The number of alkyl halides is 3. The number of ether oxygens (including phenoxy) is 2. The minimum Gasteiger partial charge on any atom is -0.455 e. The van der Waals surface area contributed by atoms with Crippen LogP contribution in [0.5, 0.6) is 0 Å². The maximum absolute atomic E-state index is 13.6. The van der Waals surface area contributed by atoms with Crippen molar-refractivity contribution in [3.05, 3.63) is 48.0 Å². The number of carbonyl (C=O) groups excluding carboxylic acids is 1. The lowest BCUT2D eigenvalue weighted by molar-refractivity contribution is -0.277. The maximum Gasteiger partial charge on any atom is 0.432 e. The molecule has 0 saturated heterocycles. The quantitative estimate of drug-likeness (QED) is 0.666. The van der Waals surface area contributed by atoms with Gasteiger partial charge in [-0.3, -0.25) is 0 Å². The van der Waals surface area contributed by atoms with Gasteiger partial charge in [0.25, 0.3) is 5.60 Å². The molecule has 3 atom stereocenters. The summed E-state index contributed by atoms with van der Waals surface area (Å²) in [4.78, 5) is 12.3. The number of hydrogen-bond acceptors (Lipinski definition) is 4. The first-order valence-electron chi connectivity index (χ1n) is 7.02. The fourth-order valence-corrected chi connectivity index (χ4v) is 2.57. The first kappa shape index (κ1) is 17.5. The van der Waals surface area contributed by atoms with Crippen LogP contribution in [-0.4, -0.2) is 37.1 Å². The highest BCUT2D eigenvalue weighted by atomic mass is 19.4. The predicted octanol–water partition coefficient (Wildman–Crippen LogP) is 2.57. The summed E-state index contributed by atoms with van der Waals surface area (Å²) < 4.78 is 50.6. The molecule has 1 aromatic rings. The molecule has 1 aromatic carbocycles. The molecule has 2 rings (SSSR count). The molecule has 1 N–H and O–H groups in total. The number of esters is 1. The zero-order chi connectivity index (χ0) is 17.1. The summed E-state index contributed by atoms with van der Waals surface area (Å²) in [6, 6.07) is 6.65. The molecule has 0 heterocycles. The van der Waals surface area contributed by atoms with Crippen molar-refractivity contribution in [2.75, 3.05) is 13.7 Å². The average Bonchev–Trinajstić information content (AvgIpc) is 2.96. The van der Waals surface area contributed by atoms with Gasteiger partial charge in [0.15, 0.2) is 0 Å². The summed E-state index contributed by atoms with van der Waals surface area (Å²) in [6.45, 7) is -0.155. The highest BCUT2D eigenvalue weighted by molar-refractivity contribution is 5.83. The number of rotatable bonds is 5. The third kappa shape index (κ3) is 3.25. The molecule has 0 unspecified atom stereocenters. The van der Waals surface area contributed by atoms with E-state index in [0.717, 1.165) is 7.11 Å². The average molecular weight is 330 g/mol. The Balaban J connectivity index is 2.31. The van der Waals surface area contributed by atoms with Crippen LogP contribution >= 0.6 is 0 Å². The number of aliphatic hydroxyl groups is 1. The SMILES string of the molecule is CO[C@@](C(=O)O[C@@H]1C=C[C@H](CO)C1)(c1ccccc1)C(F)(F)F. The van der Waals surface area contributed by atoms with Crippen LogP contribution in [0.4, 0.5) is 13.2 Å². The molecule has 1 aliphatic carbocycles. The number of carbonyl (C=O) groups is 1. The fourth-order valence-electron chi connectivity index (χ4n) is 2.57. The van der Waals surface area contributed by atoms with E-state index < -0.39 is 23.9 Å². The largest absolute Gasteiger partial charge is 0.455 e. The van der Waals surface area contributed by atoms with Crippen molar-refractivity contribution >= 4 is 5.97 Å². The summed E-state index contributed by atoms with van der Waals surface area (Å²) in [7, 11) is 0.822. The maximum atomic E-state index is 13.6. The Labute approximate surface area is 131 Å². The fraction of sp³-hybridized carbons (Fsp3) is 0.438. The van der Waals surface area contributed by atoms with Gasteiger partial charge in [-0.2, -0.15) is 13.2 Å². The molecule has 0 radical (unpaired) electrons. The first-order chi connectivity index (χ1) is 10.8. The van der Waals surface area contributed by atoms with Gasteiger partial charge in [0.2, 0.25) is 0 Å². The molecule has 0 aliphatic heterocycles. The third-order valence-corrected chi connectivity index (χ3v) is 3.80. The normalized spacial score (nSPS) is 23.5. The minimum atomic E-state index is -4.99. The van der Waals surface area contributed by atoms with Crippen molar-refractivity contribution in [3.63, 3.8) is 0 Å². The second-order valence-electron chi connectivity index (χ2n) is 5.26. The van der Waals surface area contributed by atoms with E-state index in [4.69, 9.17) is 9.84 Å². The van der Waals surface area contributed by atoms with Crippen LogP contribution < -0.4 is 0 Å². The Morgan fingerprint density at radius 2 is 1.91 bits per heavy atom. The van der Waals surface area contributed by atoms with Gasteiger partial charge in [-0.15, -0.1) is 0 Å². The van der Waals surface area contributed by atoms with E-state index in [-0.39, 0.29) is 24.5 Å². The van der Waals surface area contributed by atoms with Crippen LogP contribution in [0.25, 0.3) is 0 Å². The molecule has 23 heavy (non-hydrogen) atoms. The van der Waals surface area contributed by atoms with Crippen molar-refractivity contribution in [3.8, 4) is 0 Å². The predicted molar refractivity (Wildman–Crippen MR) is 75.4 cm³/mol. The highest BCUT2D eigenvalue weighted by Gasteiger charge is 2.64. The van der Waals surface area contributed by atoms with E-state index in [1.54, 1.807) is 6.08 Å². The highest BCUT2D eigenvalue weighted by Crippen LogP contribution is 2.43. The number of methoxy groups -OCH3 is 1. The number of aliphatic hydroxyl groups excluding tert-OH is 1. The van der Waals surface area contributed by atoms with Crippen molar-refractivity contribution in [1.29, 1.82) is 0 Å². The Kier molecular flexibility index (Phi) is 5.11. The van der Waals surface area contributed by atoms with Gasteiger partial charge in [-0.05, 0) is 12.5 Å². The standard InChI is InChI=1S/C16H17F3O4/c1-22-15(16(17,18)19,12-5-3-2-4-6-12)14(21)23-13-8-7-11(9-13)10-20/h2-8,11,13,20H,9-10H2,1H3/t11-,13+,15+/m0/s1. The number of hydrogen-bond donors (Lipinski definition) is 1. The lowest BCUT2D eigenvalue weighted by Crippen LogP contribution is -2.52. The van der Waals surface area contributed by atoms with Crippen LogP contribution in [0.3, 0.4) is 0 Å². The second-order valence-corrected chi connectivity index (χ2v) is 5.26. The summed E-state index contributed by atoms with van der Waals surface area (Å²) >= 11 is 0. The summed E-state index contributed by atoms with van der Waals surface area (Å²) in [6.07, 6.45) is -2.48. The molecule has 126 valence electrons. The van der Waals surface area contributed by atoms with E-state index in [1.807, 2.05) is 0 Å². The van der Waals surface area contributed by atoms with E-state index in [1.165, 1.54) is 36.4 Å². The molecular formula is C16H17F3O4. The summed E-state index contributed by atoms with van der Waals surface area (Å²) in [5.41, 5.74) is -3.53. The third-order valence-electron chi connectivity index (χ3n) is 3.80. The van der Waals surface area contributed by atoms with Crippen LogP contribution in [0.15, 0.2) is 42.5 Å². The van der Waals surface area contributed by atoms with E-state index in [2.05, 4.69) is 4.74 Å². The molecule has 0 saturated carbocycles. The van der Waals surface area contributed by atoms with Crippen LogP contribution in [-0.2, 0) is 19.9 Å². The minimum absolute atomic E-state index is 0.155. The number of halogens is 3. The molecule has 0 bridgehead atoms. The molecule has 4 nitrogen and oxygen atoms in total. The second kappa shape index (κ2) is 6.72. The molecule has 0 amide bonds. The van der Waals surface area contributed by atoms with E-state index >= 15 is 0 Å². The molecule has 0 spiro atoms. The topological polar surface area (TPSA) is 55.8 Å². The summed E-state index contributed by atoms with van der Waals surface area (Å²) in [5.74, 6) is -1.75. The van der Waals surface area contributed by atoms with Gasteiger partial charge in [0, 0.05) is 25.2 Å². The van der Waals surface area contributed by atoms with Gasteiger partial charge in [-0.1, -0.05) is 36.4 Å². The number of benzene rings is 1. The van der Waals surface area contributed by atoms with Gasteiger partial charge in [-0.25, -0.2) is 4.79 Å². The Bertz CT molecular complexity index is 570. The first-order valence-corrected chi connectivity index (χ1v) is 7.02. The van der Waals surface area contributed by atoms with Crippen molar-refractivity contribution in [2.24, 2.45) is 5.92 Å². The molecule has 7 heteroatoms. The van der Waals surface area contributed by atoms with Crippen LogP contribution in [0.1, 0.15) is 12.0 Å². The van der Waals surface area contributed by atoms with Crippen molar-refractivity contribution < 1.29 is 32.5 Å². The Hall–Kier alpha value is -1.86. The van der Waals surface area contributed by atoms with Gasteiger partial charge in [0.05, 0.1) is 0 Å². The van der Waals surface area contributed by atoms with E-state index in [9.17, 15) is 18.0 Å². The zero-order valence-electron chi connectivity index (χ0n) is 12.4. The van der Waals surface area contributed by atoms with Crippen LogP contribution in [0.2, 0.25) is 0 Å². The van der Waals surface area contributed by atoms with Gasteiger partial charge >= 0.3 is 12.1 Å². The molecule has 1 aliphatic rings. The van der Waals surface area contributed by atoms with Crippen molar-refractivity contribution in [2.45, 2.75) is 24.3 Å². The zero-order valence-corrected chi connectivity index (χ0v) is 12.4. The van der Waals surface area contributed by atoms with Gasteiger partial charge in [0.1, 0.15) is 6.10 Å². The molecule has 0 aromatic heterocycles. The Morgan fingerprint density at radius 1 is 1.26 bits per heavy atom. The molecule has 0 fully saturated rings. The van der Waals surface area contributed by atoms with E-state index in [0.29, 0.717) is 0 Å². The molecular weight excluding hydrogens is 313 g/mol. The Morgan fingerprint density at radius 3 is 2.39 bits per heavy atom. The smallest absolute Gasteiger partial charge is 0.432 e. The summed E-state index contributed by atoms with van der Waals surface area (Å²) in [5, 5.41) is 9.03. The van der Waals surface area contributed by atoms with Crippen molar-refractivity contribution in [1.82, 2.24) is 0 Å².